The van der Waals surface area contributed by atoms with E-state index in [1.54, 1.807) is 0 Å². The SMILES string of the molecule is CN1CCN(CCn2ccc3ccc(CN)cc32)CC1. The number of rotatable bonds is 4. The molecule has 1 aliphatic rings. The van der Waals surface area contributed by atoms with Crippen LogP contribution in [0.15, 0.2) is 30.5 Å². The Morgan fingerprint density at radius 3 is 2.60 bits per heavy atom. The van der Waals surface area contributed by atoms with Gasteiger partial charge in [0.15, 0.2) is 0 Å². The van der Waals surface area contributed by atoms with Crippen molar-refractivity contribution in [2.24, 2.45) is 5.73 Å². The molecule has 20 heavy (non-hydrogen) atoms. The van der Waals surface area contributed by atoms with Crippen LogP contribution in [-0.4, -0.2) is 54.1 Å². The van der Waals surface area contributed by atoms with Crippen LogP contribution in [0.3, 0.4) is 0 Å². The van der Waals surface area contributed by atoms with Gasteiger partial charge < -0.3 is 15.2 Å². The summed E-state index contributed by atoms with van der Waals surface area (Å²) in [7, 11) is 2.20. The topological polar surface area (TPSA) is 37.4 Å². The van der Waals surface area contributed by atoms with E-state index in [1.165, 1.54) is 42.6 Å². The third kappa shape index (κ3) is 2.87. The van der Waals surface area contributed by atoms with Gasteiger partial charge >= 0.3 is 0 Å². The van der Waals surface area contributed by atoms with Crippen molar-refractivity contribution in [3.63, 3.8) is 0 Å². The lowest BCUT2D eigenvalue weighted by atomic mass is 10.1. The summed E-state index contributed by atoms with van der Waals surface area (Å²) in [5.41, 5.74) is 8.25. The number of likely N-dealkylation sites (N-methyl/N-ethyl adjacent to an activating group) is 1. The summed E-state index contributed by atoms with van der Waals surface area (Å²) < 4.78 is 2.35. The van der Waals surface area contributed by atoms with Crippen molar-refractivity contribution < 1.29 is 0 Å². The molecule has 0 aliphatic carbocycles. The molecule has 0 atom stereocenters. The maximum absolute atomic E-state index is 5.74. The van der Waals surface area contributed by atoms with Gasteiger partial charge in [-0.15, -0.1) is 0 Å². The van der Waals surface area contributed by atoms with Crippen molar-refractivity contribution in [1.29, 1.82) is 0 Å². The van der Waals surface area contributed by atoms with Crippen molar-refractivity contribution in [2.45, 2.75) is 13.1 Å². The van der Waals surface area contributed by atoms with Gasteiger partial charge in [-0.2, -0.15) is 0 Å². The molecule has 2 heterocycles. The summed E-state index contributed by atoms with van der Waals surface area (Å²) in [5.74, 6) is 0. The molecule has 0 amide bonds. The van der Waals surface area contributed by atoms with Gasteiger partial charge in [-0.05, 0) is 30.1 Å². The number of nitrogens with zero attached hydrogens (tertiary/aromatic N) is 3. The van der Waals surface area contributed by atoms with Gasteiger partial charge in [-0.3, -0.25) is 4.90 Å². The van der Waals surface area contributed by atoms with Crippen LogP contribution < -0.4 is 5.73 Å². The Morgan fingerprint density at radius 1 is 1.05 bits per heavy atom. The molecule has 4 heteroatoms. The number of aromatic nitrogens is 1. The fraction of sp³-hybridized carbons (Fsp3) is 0.500. The van der Waals surface area contributed by atoms with Gasteiger partial charge in [0.1, 0.15) is 0 Å². The molecule has 0 saturated carbocycles. The first-order valence-corrected chi connectivity index (χ1v) is 7.45. The van der Waals surface area contributed by atoms with E-state index in [4.69, 9.17) is 5.73 Å². The molecule has 0 spiro atoms. The van der Waals surface area contributed by atoms with E-state index in [0.717, 1.165) is 13.1 Å². The molecule has 1 fully saturated rings. The van der Waals surface area contributed by atoms with Crippen LogP contribution in [0.25, 0.3) is 10.9 Å². The predicted molar refractivity (Wildman–Crippen MR) is 83.8 cm³/mol. The van der Waals surface area contributed by atoms with Crippen LogP contribution in [0, 0.1) is 0 Å². The normalized spacial score (nSPS) is 17.9. The lowest BCUT2D eigenvalue weighted by molar-refractivity contribution is 0.150. The minimum Gasteiger partial charge on any atom is -0.346 e. The Balaban J connectivity index is 1.68. The molecule has 1 aromatic heterocycles. The van der Waals surface area contributed by atoms with Crippen LogP contribution in [0.5, 0.6) is 0 Å². The monoisotopic (exact) mass is 272 g/mol. The third-order valence-electron chi connectivity index (χ3n) is 4.33. The van der Waals surface area contributed by atoms with E-state index in [-0.39, 0.29) is 0 Å². The van der Waals surface area contributed by atoms with Crippen LogP contribution in [-0.2, 0) is 13.1 Å². The molecule has 1 aliphatic heterocycles. The summed E-state index contributed by atoms with van der Waals surface area (Å²) in [6.07, 6.45) is 2.20. The van der Waals surface area contributed by atoms with Crippen molar-refractivity contribution in [3.8, 4) is 0 Å². The van der Waals surface area contributed by atoms with Crippen molar-refractivity contribution in [2.75, 3.05) is 39.8 Å². The molecule has 0 unspecified atom stereocenters. The Morgan fingerprint density at radius 2 is 1.85 bits per heavy atom. The smallest absolute Gasteiger partial charge is 0.0483 e. The second kappa shape index (κ2) is 5.95. The van der Waals surface area contributed by atoms with Crippen molar-refractivity contribution in [3.05, 3.63) is 36.0 Å². The Labute approximate surface area is 120 Å². The van der Waals surface area contributed by atoms with E-state index in [1.807, 2.05) is 0 Å². The minimum atomic E-state index is 0.611. The Hall–Kier alpha value is -1.36. The Bertz CT molecular complexity index is 567. The molecular formula is C16H24N4. The van der Waals surface area contributed by atoms with Crippen LogP contribution in [0.2, 0.25) is 0 Å². The van der Waals surface area contributed by atoms with E-state index < -0.39 is 0 Å². The van der Waals surface area contributed by atoms with Gasteiger partial charge in [0, 0.05) is 57.5 Å². The molecule has 1 saturated heterocycles. The van der Waals surface area contributed by atoms with E-state index in [9.17, 15) is 0 Å². The fourth-order valence-electron chi connectivity index (χ4n) is 2.87. The highest BCUT2D eigenvalue weighted by molar-refractivity contribution is 5.80. The van der Waals surface area contributed by atoms with Gasteiger partial charge in [-0.25, -0.2) is 0 Å². The molecule has 0 radical (unpaired) electrons. The van der Waals surface area contributed by atoms with E-state index >= 15 is 0 Å². The third-order valence-corrected chi connectivity index (χ3v) is 4.33. The predicted octanol–water partition coefficient (Wildman–Crippen LogP) is 1.35. The maximum Gasteiger partial charge on any atom is 0.0483 e. The van der Waals surface area contributed by atoms with Gasteiger partial charge in [0.05, 0.1) is 0 Å². The molecule has 3 rings (SSSR count). The molecule has 4 nitrogen and oxygen atoms in total. The second-order valence-electron chi connectivity index (χ2n) is 5.75. The lowest BCUT2D eigenvalue weighted by Gasteiger charge is -2.32. The van der Waals surface area contributed by atoms with Gasteiger partial charge in [-0.1, -0.05) is 12.1 Å². The number of hydrogen-bond donors (Lipinski definition) is 1. The minimum absolute atomic E-state index is 0.611. The maximum atomic E-state index is 5.74. The zero-order valence-corrected chi connectivity index (χ0v) is 12.3. The summed E-state index contributed by atoms with van der Waals surface area (Å²) >= 11 is 0. The highest BCUT2D eigenvalue weighted by atomic mass is 15.2. The largest absolute Gasteiger partial charge is 0.346 e. The molecule has 1 aromatic carbocycles. The van der Waals surface area contributed by atoms with Gasteiger partial charge in [0.25, 0.3) is 0 Å². The number of piperazine rings is 1. The average molecular weight is 272 g/mol. The molecule has 2 N–H and O–H groups in total. The van der Waals surface area contributed by atoms with Crippen molar-refractivity contribution >= 4 is 10.9 Å². The number of fused-ring (bicyclic) bond motifs is 1. The number of hydrogen-bond acceptors (Lipinski definition) is 3. The quantitative estimate of drug-likeness (QED) is 0.913. The van der Waals surface area contributed by atoms with Crippen LogP contribution >= 0.6 is 0 Å². The van der Waals surface area contributed by atoms with Crippen LogP contribution in [0.1, 0.15) is 5.56 Å². The molecule has 108 valence electrons. The Kier molecular flexibility index (Phi) is 4.05. The number of benzene rings is 1. The molecular weight excluding hydrogens is 248 g/mol. The standard InChI is InChI=1S/C16H24N4/c1-18-6-8-19(9-7-18)10-11-20-5-4-15-3-2-14(13-17)12-16(15)20/h2-5,12H,6-11,13,17H2,1H3. The number of nitrogens with two attached hydrogens (primary N) is 1. The molecule has 2 aromatic rings. The first-order chi connectivity index (χ1) is 9.76. The zero-order valence-electron chi connectivity index (χ0n) is 12.3. The first kappa shape index (κ1) is 13.6. The van der Waals surface area contributed by atoms with E-state index in [2.05, 4.69) is 51.9 Å². The van der Waals surface area contributed by atoms with E-state index in [0.29, 0.717) is 6.54 Å². The zero-order chi connectivity index (χ0) is 13.9. The summed E-state index contributed by atoms with van der Waals surface area (Å²) in [4.78, 5) is 4.95. The highest BCUT2D eigenvalue weighted by Crippen LogP contribution is 2.17. The summed E-state index contributed by atoms with van der Waals surface area (Å²) in [6.45, 7) is 7.53. The summed E-state index contributed by atoms with van der Waals surface area (Å²) in [5, 5.41) is 1.31. The van der Waals surface area contributed by atoms with Gasteiger partial charge in [0.2, 0.25) is 0 Å². The first-order valence-electron chi connectivity index (χ1n) is 7.45. The molecule has 0 bridgehead atoms. The highest BCUT2D eigenvalue weighted by Gasteiger charge is 2.13. The fourth-order valence-corrected chi connectivity index (χ4v) is 2.87. The second-order valence-corrected chi connectivity index (χ2v) is 5.75. The lowest BCUT2D eigenvalue weighted by Crippen LogP contribution is -2.45. The van der Waals surface area contributed by atoms with Crippen LogP contribution in [0.4, 0.5) is 0 Å². The average Bonchev–Trinajstić information content (AvgIpc) is 2.89. The summed E-state index contributed by atoms with van der Waals surface area (Å²) in [6, 6.07) is 8.70. The van der Waals surface area contributed by atoms with Crippen molar-refractivity contribution in [1.82, 2.24) is 14.4 Å².